The third-order valence-corrected chi connectivity index (χ3v) is 5.91. The highest BCUT2D eigenvalue weighted by Gasteiger charge is 2.13. The summed E-state index contributed by atoms with van der Waals surface area (Å²) in [5.74, 6) is 0.547. The van der Waals surface area contributed by atoms with E-state index in [0.29, 0.717) is 16.7 Å². The van der Waals surface area contributed by atoms with Crippen LogP contribution < -0.4 is 0 Å². The number of thiophene rings is 2. The summed E-state index contributed by atoms with van der Waals surface area (Å²) >= 11 is 3.60. The fraction of sp³-hybridized carbons (Fsp3) is 0.536. The maximum Gasteiger partial charge on any atom is 0.0428 e. The Morgan fingerprint density at radius 3 is 1.58 bits per heavy atom. The highest BCUT2D eigenvalue weighted by molar-refractivity contribution is 7.10. The molecule has 1 nitrogen and oxygen atoms in total. The zero-order valence-electron chi connectivity index (χ0n) is 18.1. The zero-order chi connectivity index (χ0) is 20.5. The van der Waals surface area contributed by atoms with E-state index in [-0.39, 0.29) is 29.7 Å². The number of aromatic nitrogens is 1. The molecule has 0 radical (unpaired) electrons. The first-order valence-electron chi connectivity index (χ1n) is 9.49. The molecule has 0 aliphatic carbocycles. The fourth-order valence-corrected chi connectivity index (χ4v) is 3.81. The maximum atomic E-state index is 4.18. The lowest BCUT2D eigenvalue weighted by molar-refractivity contribution is 0.593. The average Bonchev–Trinajstić information content (AvgIpc) is 3.29. The molecule has 3 heteroatoms. The van der Waals surface area contributed by atoms with Gasteiger partial charge in [0.05, 0.1) is 0 Å². The number of hydrogen-bond acceptors (Lipinski definition) is 3. The fourth-order valence-electron chi connectivity index (χ4n) is 2.11. The smallest absolute Gasteiger partial charge is 0.0428 e. The summed E-state index contributed by atoms with van der Waals surface area (Å²) in [6.45, 7) is 17.7. The number of rotatable bonds is 1. The van der Waals surface area contributed by atoms with Crippen molar-refractivity contribution in [2.75, 3.05) is 0 Å². The molecule has 31 heavy (non-hydrogen) atoms. The molecule has 180 valence electrons. The van der Waals surface area contributed by atoms with Crippen LogP contribution in [0.1, 0.15) is 107 Å². The Kier molecular flexibility index (Phi) is 20.4. The van der Waals surface area contributed by atoms with Gasteiger partial charge in [-0.1, -0.05) is 97.2 Å². The molecule has 0 aliphatic rings. The van der Waals surface area contributed by atoms with Crippen molar-refractivity contribution < 1.29 is 0 Å². The highest BCUT2D eigenvalue weighted by atomic mass is 32.1. The number of hydrogen-bond donors (Lipinski definition) is 0. The van der Waals surface area contributed by atoms with Crippen molar-refractivity contribution in [1.29, 1.82) is 0 Å². The third kappa shape index (κ3) is 15.1. The van der Waals surface area contributed by atoms with Gasteiger partial charge in [-0.2, -0.15) is 11.3 Å². The molecule has 0 bridgehead atoms. The van der Waals surface area contributed by atoms with Gasteiger partial charge in [0.15, 0.2) is 0 Å². The van der Waals surface area contributed by atoms with E-state index in [9.17, 15) is 0 Å². The average molecular weight is 466 g/mol. The van der Waals surface area contributed by atoms with Crippen molar-refractivity contribution in [3.05, 3.63) is 74.9 Å². The number of nitrogens with zero attached hydrogens (tertiary/aromatic N) is 1. The van der Waals surface area contributed by atoms with Crippen LogP contribution in [0.5, 0.6) is 0 Å². The van der Waals surface area contributed by atoms with Crippen LogP contribution in [-0.2, 0) is 10.8 Å². The van der Waals surface area contributed by atoms with Gasteiger partial charge < -0.3 is 0 Å². The molecular formula is C28H51NS2. The predicted molar refractivity (Wildman–Crippen MR) is 151 cm³/mol. The van der Waals surface area contributed by atoms with E-state index in [0.717, 1.165) is 5.69 Å². The Morgan fingerprint density at radius 2 is 1.35 bits per heavy atom. The second kappa shape index (κ2) is 17.1. The molecule has 0 unspecified atom stereocenters. The molecule has 3 heterocycles. The van der Waals surface area contributed by atoms with Crippen molar-refractivity contribution in [1.82, 2.24) is 4.98 Å². The van der Waals surface area contributed by atoms with E-state index in [2.05, 4.69) is 94.7 Å². The molecule has 0 aromatic carbocycles. The monoisotopic (exact) mass is 465 g/mol. The third-order valence-electron chi connectivity index (χ3n) is 3.93. The molecule has 3 aromatic rings. The molecule has 0 amide bonds. The van der Waals surface area contributed by atoms with E-state index < -0.39 is 0 Å². The van der Waals surface area contributed by atoms with Crippen LogP contribution in [0.2, 0.25) is 0 Å². The molecule has 3 aromatic heterocycles. The minimum Gasteiger partial charge on any atom is -0.261 e. The second-order valence-corrected chi connectivity index (χ2v) is 10.6. The van der Waals surface area contributed by atoms with Crippen LogP contribution in [0, 0.1) is 0 Å². The minimum absolute atomic E-state index is 0. The van der Waals surface area contributed by atoms with Crippen molar-refractivity contribution in [3.8, 4) is 0 Å². The molecule has 0 atom stereocenters. The van der Waals surface area contributed by atoms with E-state index in [4.69, 9.17) is 0 Å². The lowest BCUT2D eigenvalue weighted by Crippen LogP contribution is -2.08. The number of pyridine rings is 1. The molecule has 3 rings (SSSR count). The Balaban J connectivity index is -0.000000166. The van der Waals surface area contributed by atoms with Crippen molar-refractivity contribution in [2.45, 2.75) is 102 Å². The summed E-state index contributed by atoms with van der Waals surface area (Å²) in [6, 6.07) is 12.5. The summed E-state index contributed by atoms with van der Waals surface area (Å²) in [5, 5.41) is 6.46. The molecular weight excluding hydrogens is 414 g/mol. The van der Waals surface area contributed by atoms with E-state index in [1.54, 1.807) is 11.3 Å². The van der Waals surface area contributed by atoms with Gasteiger partial charge in [0.25, 0.3) is 0 Å². The van der Waals surface area contributed by atoms with Gasteiger partial charge in [-0.3, -0.25) is 4.98 Å². The van der Waals surface area contributed by atoms with Gasteiger partial charge in [-0.15, -0.1) is 11.3 Å². The predicted octanol–water partition coefficient (Wildman–Crippen LogP) is 10.8. The van der Waals surface area contributed by atoms with E-state index in [1.807, 2.05) is 35.7 Å². The minimum atomic E-state index is 0. The van der Waals surface area contributed by atoms with Gasteiger partial charge in [-0.05, 0) is 62.7 Å². The molecule has 0 saturated heterocycles. The van der Waals surface area contributed by atoms with Crippen LogP contribution in [0.25, 0.3) is 0 Å². The second-order valence-electron chi connectivity index (χ2n) is 8.90. The highest BCUT2D eigenvalue weighted by Crippen LogP contribution is 2.26. The van der Waals surface area contributed by atoms with Crippen LogP contribution >= 0.6 is 22.7 Å². The van der Waals surface area contributed by atoms with Crippen LogP contribution in [0.4, 0.5) is 0 Å². The van der Waals surface area contributed by atoms with Crippen molar-refractivity contribution >= 4 is 22.7 Å². The van der Waals surface area contributed by atoms with Crippen molar-refractivity contribution in [3.63, 3.8) is 0 Å². The Bertz CT molecular complexity index is 669. The zero-order valence-corrected chi connectivity index (χ0v) is 19.7. The standard InChI is InChI=1S/C8H11N.2C8H12S.4CH4/c1-7(2)8-5-3-4-6-9-8;1-8(2,3)7-4-5-9-6-7;1-8(2,3)7-5-4-6-9-7;;;;/h3-7H,1-2H3;2*4-6H,1-3H3;4*1H4. The summed E-state index contributed by atoms with van der Waals surface area (Å²) in [7, 11) is 0. The Morgan fingerprint density at radius 1 is 0.742 bits per heavy atom. The maximum absolute atomic E-state index is 4.18. The van der Waals surface area contributed by atoms with Crippen molar-refractivity contribution in [2.24, 2.45) is 0 Å². The Hall–Kier alpha value is -1.45. The molecule has 0 fully saturated rings. The van der Waals surface area contributed by atoms with E-state index in [1.165, 1.54) is 10.4 Å². The summed E-state index contributed by atoms with van der Waals surface area (Å²) < 4.78 is 0. The van der Waals surface area contributed by atoms with Gasteiger partial charge in [0.2, 0.25) is 0 Å². The lowest BCUT2D eigenvalue weighted by Gasteiger charge is -2.15. The van der Waals surface area contributed by atoms with Gasteiger partial charge in [0.1, 0.15) is 0 Å². The lowest BCUT2D eigenvalue weighted by atomic mass is 9.90. The van der Waals surface area contributed by atoms with Crippen LogP contribution in [0.3, 0.4) is 0 Å². The largest absolute Gasteiger partial charge is 0.261 e. The molecule has 0 aliphatic heterocycles. The van der Waals surface area contributed by atoms with E-state index >= 15 is 0 Å². The normalized spacial score (nSPS) is 9.84. The van der Waals surface area contributed by atoms with Gasteiger partial charge >= 0.3 is 0 Å². The SMILES string of the molecule is C.C.C.C.CC(C)(C)c1cccs1.CC(C)(C)c1ccsc1.CC(C)c1ccccn1. The first kappa shape index (κ1) is 36.9. The Labute approximate surface area is 204 Å². The summed E-state index contributed by atoms with van der Waals surface area (Å²) in [5.41, 5.74) is 3.28. The van der Waals surface area contributed by atoms with Gasteiger partial charge in [-0.25, -0.2) is 0 Å². The summed E-state index contributed by atoms with van der Waals surface area (Å²) in [6.07, 6.45) is 1.83. The molecule has 0 spiro atoms. The molecule has 0 N–H and O–H groups in total. The first-order valence-corrected chi connectivity index (χ1v) is 11.3. The quantitative estimate of drug-likeness (QED) is 0.348. The molecule has 0 saturated carbocycles. The van der Waals surface area contributed by atoms with Crippen LogP contribution in [-0.4, -0.2) is 4.98 Å². The summed E-state index contributed by atoms with van der Waals surface area (Å²) in [4.78, 5) is 5.64. The topological polar surface area (TPSA) is 12.9 Å². The first-order chi connectivity index (χ1) is 12.5. The van der Waals surface area contributed by atoms with Gasteiger partial charge in [0, 0.05) is 16.8 Å². The van der Waals surface area contributed by atoms with Crippen LogP contribution in [0.15, 0.2) is 58.7 Å².